The molecule has 1 aromatic heterocycles. The average molecular weight is 964 g/mol. The smallest absolute Gasteiger partial charge is 0.295 e. The van der Waals surface area contributed by atoms with Crippen molar-refractivity contribution in [1.29, 1.82) is 0 Å². The van der Waals surface area contributed by atoms with E-state index in [1.807, 2.05) is 0 Å². The van der Waals surface area contributed by atoms with Crippen LogP contribution in [0.25, 0.3) is 32.9 Å². The molecule has 0 aliphatic carbocycles. The molecule has 0 saturated carbocycles. The molecule has 0 saturated heterocycles. The second-order valence-corrected chi connectivity index (χ2v) is 19.5. The zero-order chi connectivity index (χ0) is 47.1. The fourth-order valence-corrected chi connectivity index (χ4v) is 9.37. The Kier molecular flexibility index (Phi) is 12.6. The number of aryl methyl sites for hydroxylation is 2. The Hall–Kier alpha value is -6.75. The molecule has 0 atom stereocenters. The monoisotopic (exact) mass is 963 g/mol. The number of aromatic nitrogens is 3. The molecule has 0 aliphatic rings. The molecule has 22 nitrogen and oxygen atoms in total. The molecule has 26 heteroatoms. The van der Waals surface area contributed by atoms with Crippen LogP contribution in [0.2, 0.25) is 0 Å². The number of benzene rings is 6. The lowest BCUT2D eigenvalue weighted by atomic mass is 10.1. The van der Waals surface area contributed by atoms with Gasteiger partial charge in [-0.05, 0) is 97.8 Å². The van der Waals surface area contributed by atoms with Gasteiger partial charge in [0.2, 0.25) is 11.9 Å². The van der Waals surface area contributed by atoms with E-state index >= 15 is 0 Å². The van der Waals surface area contributed by atoms with Gasteiger partial charge in [0, 0.05) is 39.3 Å². The minimum Gasteiger partial charge on any atom is -0.395 e. The molecule has 6 aromatic carbocycles. The van der Waals surface area contributed by atoms with E-state index in [0.29, 0.717) is 33.8 Å². The van der Waals surface area contributed by atoms with Gasteiger partial charge in [0.1, 0.15) is 19.6 Å². The van der Waals surface area contributed by atoms with E-state index in [9.17, 15) is 57.0 Å². The molecular weight excluding hydrogens is 931 g/mol. The summed E-state index contributed by atoms with van der Waals surface area (Å²) in [5.41, 5.74) is 2.36. The molecule has 65 heavy (non-hydrogen) atoms. The highest BCUT2D eigenvalue weighted by molar-refractivity contribution is 7.87. The van der Waals surface area contributed by atoms with Crippen LogP contribution in [0.3, 0.4) is 0 Å². The van der Waals surface area contributed by atoms with Crippen LogP contribution in [0.4, 0.5) is 40.3 Å². The molecule has 0 amide bonds. The molecule has 0 unspecified atom stereocenters. The van der Waals surface area contributed by atoms with Crippen molar-refractivity contribution in [3.8, 4) is 11.4 Å². The van der Waals surface area contributed by atoms with E-state index in [2.05, 4.69) is 46.0 Å². The zero-order valence-electron chi connectivity index (χ0n) is 33.4. The van der Waals surface area contributed by atoms with Gasteiger partial charge in [-0.1, -0.05) is 24.3 Å². The lowest BCUT2D eigenvalue weighted by Crippen LogP contribution is -2.11. The molecular formula is C39H33N9O13S4. The third-order valence-corrected chi connectivity index (χ3v) is 13.0. The molecule has 0 radical (unpaired) electrons. The number of nitrogens with zero attached hydrogens (tertiary/aromatic N) is 7. The maximum absolute atomic E-state index is 12.2. The predicted octanol–water partition coefficient (Wildman–Crippen LogP) is 7.43. The standard InChI is InChI=1S/C39H33N9O13S4/c1-21-15-23(9-11-31(21)47-45-25-17-29-27(35(19-25)64(56,57)58)5-3-7-33(29)62(50,51)52)37-42-38(40-13-14-49)44-39(43-37)41-24-10-12-32(22(2)16-24)48-46-26-18-30-28(36(20-26)65(59,60)61)6-4-8-34(30)63(53,54)55/h3-12,15-20,49H,13-14H2,1-2H3,(H,50,51,52)(H,53,54,55)(H,56,57,58)(H,59,60,61)(H2,40,41,42,43,44). The number of hydrogen-bond donors (Lipinski definition) is 7. The Balaban J connectivity index is 1.17. The van der Waals surface area contributed by atoms with Gasteiger partial charge in [0.05, 0.1) is 29.4 Å². The lowest BCUT2D eigenvalue weighted by molar-refractivity contribution is 0.310. The minimum atomic E-state index is -4.88. The van der Waals surface area contributed by atoms with Crippen molar-refractivity contribution in [2.24, 2.45) is 20.5 Å². The van der Waals surface area contributed by atoms with E-state index in [0.717, 1.165) is 24.3 Å². The van der Waals surface area contributed by atoms with Crippen molar-refractivity contribution in [2.75, 3.05) is 23.8 Å². The minimum absolute atomic E-state index is 0.0735. The zero-order valence-corrected chi connectivity index (χ0v) is 36.7. The molecule has 0 aliphatic heterocycles. The van der Waals surface area contributed by atoms with E-state index in [4.69, 9.17) is 0 Å². The summed E-state index contributed by atoms with van der Waals surface area (Å²) in [6.45, 7) is 3.24. The van der Waals surface area contributed by atoms with Crippen molar-refractivity contribution in [1.82, 2.24) is 15.0 Å². The number of hydrogen-bond acceptors (Lipinski definition) is 18. The fraction of sp³-hybridized carbons (Fsp3) is 0.103. The molecule has 0 spiro atoms. The Morgan fingerprint density at radius 1 is 0.508 bits per heavy atom. The predicted molar refractivity (Wildman–Crippen MR) is 236 cm³/mol. The van der Waals surface area contributed by atoms with Gasteiger partial charge in [-0.3, -0.25) is 18.2 Å². The van der Waals surface area contributed by atoms with E-state index in [1.165, 1.54) is 36.4 Å². The Morgan fingerprint density at radius 2 is 0.985 bits per heavy atom. The topological polar surface area (TPSA) is 350 Å². The van der Waals surface area contributed by atoms with Crippen LogP contribution in [0.15, 0.2) is 137 Å². The summed E-state index contributed by atoms with van der Waals surface area (Å²) in [4.78, 5) is 10.9. The van der Waals surface area contributed by atoms with Crippen molar-refractivity contribution >= 4 is 102 Å². The van der Waals surface area contributed by atoms with Crippen LogP contribution in [0.5, 0.6) is 0 Å². The first-order valence-corrected chi connectivity index (χ1v) is 24.2. The highest BCUT2D eigenvalue weighted by Gasteiger charge is 2.23. The third kappa shape index (κ3) is 10.5. The fourth-order valence-electron chi connectivity index (χ4n) is 6.52. The molecule has 7 rings (SSSR count). The van der Waals surface area contributed by atoms with Gasteiger partial charge in [0.15, 0.2) is 5.82 Å². The maximum atomic E-state index is 12.2. The second kappa shape index (κ2) is 17.7. The Morgan fingerprint density at radius 3 is 1.45 bits per heavy atom. The van der Waals surface area contributed by atoms with Crippen LogP contribution in [0, 0.1) is 13.8 Å². The quantitative estimate of drug-likeness (QED) is 0.0411. The lowest BCUT2D eigenvalue weighted by Gasteiger charge is -2.12. The summed E-state index contributed by atoms with van der Waals surface area (Å²) in [7, 11) is -19.4. The molecule has 0 bridgehead atoms. The number of fused-ring (bicyclic) bond motifs is 2. The summed E-state index contributed by atoms with van der Waals surface area (Å²) in [5.74, 6) is 0.352. The van der Waals surface area contributed by atoms with Crippen LogP contribution in [0.1, 0.15) is 11.1 Å². The largest absolute Gasteiger partial charge is 0.395 e. The van der Waals surface area contributed by atoms with Crippen LogP contribution in [-0.2, 0) is 40.5 Å². The Labute approximate surface area is 369 Å². The summed E-state index contributed by atoms with van der Waals surface area (Å²) in [5, 5.41) is 31.2. The van der Waals surface area contributed by atoms with Crippen LogP contribution in [-0.4, -0.2) is 85.1 Å². The SMILES string of the molecule is Cc1cc(Nc2nc(NCCO)nc(-c3ccc(N=Nc4cc(S(=O)(=O)O)c5cccc(S(=O)(=O)O)c5c4)c(C)c3)n2)ccc1N=Nc1cc(S(=O)(=O)O)c2cccc(S(=O)(=O)O)c2c1. The number of anilines is 3. The first-order valence-electron chi connectivity index (χ1n) is 18.5. The number of nitrogens with one attached hydrogen (secondary N) is 2. The highest BCUT2D eigenvalue weighted by atomic mass is 32.2. The van der Waals surface area contributed by atoms with Crippen molar-refractivity contribution in [2.45, 2.75) is 33.4 Å². The van der Waals surface area contributed by atoms with Crippen molar-refractivity contribution < 1.29 is 57.0 Å². The normalized spacial score (nSPS) is 12.7. The van der Waals surface area contributed by atoms with Crippen LogP contribution >= 0.6 is 0 Å². The van der Waals surface area contributed by atoms with E-state index in [1.54, 1.807) is 50.2 Å². The number of rotatable bonds is 14. The number of aliphatic hydroxyl groups excluding tert-OH is 1. The van der Waals surface area contributed by atoms with E-state index < -0.39 is 60.1 Å². The van der Waals surface area contributed by atoms with Crippen LogP contribution < -0.4 is 10.6 Å². The van der Waals surface area contributed by atoms with E-state index in [-0.39, 0.29) is 63.8 Å². The van der Waals surface area contributed by atoms with Gasteiger partial charge in [-0.2, -0.15) is 69.1 Å². The highest BCUT2D eigenvalue weighted by Crippen LogP contribution is 2.37. The van der Waals surface area contributed by atoms with Gasteiger partial charge in [-0.25, -0.2) is 0 Å². The summed E-state index contributed by atoms with van der Waals surface area (Å²) >= 11 is 0. The van der Waals surface area contributed by atoms with Gasteiger partial charge in [0.25, 0.3) is 40.5 Å². The third-order valence-electron chi connectivity index (χ3n) is 9.40. The first-order chi connectivity index (χ1) is 30.5. The molecule has 7 aromatic rings. The van der Waals surface area contributed by atoms with Crippen molar-refractivity contribution in [3.05, 3.63) is 108 Å². The summed E-state index contributed by atoms with van der Waals surface area (Å²) in [6, 6.07) is 21.1. The summed E-state index contributed by atoms with van der Waals surface area (Å²) in [6.07, 6.45) is 0. The maximum Gasteiger partial charge on any atom is 0.295 e. The molecule has 7 N–H and O–H groups in total. The van der Waals surface area contributed by atoms with Gasteiger partial charge >= 0.3 is 0 Å². The molecule has 1 heterocycles. The molecule has 336 valence electrons. The second-order valence-electron chi connectivity index (χ2n) is 14.0. The first kappa shape index (κ1) is 46.2. The summed E-state index contributed by atoms with van der Waals surface area (Å²) < 4.78 is 136. The van der Waals surface area contributed by atoms with Crippen molar-refractivity contribution in [3.63, 3.8) is 0 Å². The number of azo groups is 2. The van der Waals surface area contributed by atoms with Gasteiger partial charge in [-0.15, -0.1) is 0 Å². The Bertz CT molecular complexity index is 3610. The number of aliphatic hydroxyl groups is 1. The van der Waals surface area contributed by atoms with Gasteiger partial charge < -0.3 is 15.7 Å². The molecule has 0 fully saturated rings. The average Bonchev–Trinajstić information content (AvgIpc) is 3.22.